The molecule has 0 aliphatic carbocycles. The molecule has 8 heteroatoms. The molecular formula is C21H25N7O. The maximum atomic E-state index is 12.9. The van der Waals surface area contributed by atoms with Crippen molar-refractivity contribution in [1.29, 1.82) is 0 Å². The summed E-state index contributed by atoms with van der Waals surface area (Å²) < 4.78 is 5.72. The Morgan fingerprint density at radius 2 is 2.00 bits per heavy atom. The maximum absolute atomic E-state index is 12.9. The van der Waals surface area contributed by atoms with Gasteiger partial charge < -0.3 is 0 Å². The summed E-state index contributed by atoms with van der Waals surface area (Å²) in [6, 6.07) is 10.1. The summed E-state index contributed by atoms with van der Waals surface area (Å²) in [4.78, 5) is 15.3. The van der Waals surface area contributed by atoms with Crippen LogP contribution in [0.4, 0.5) is 0 Å². The fourth-order valence-electron chi connectivity index (χ4n) is 4.61. The van der Waals surface area contributed by atoms with Crippen LogP contribution in [0.15, 0.2) is 41.3 Å². The van der Waals surface area contributed by atoms with Crippen molar-refractivity contribution in [3.05, 3.63) is 58.4 Å². The van der Waals surface area contributed by atoms with Crippen LogP contribution < -0.4 is 5.56 Å². The second kappa shape index (κ2) is 7.11. The van der Waals surface area contributed by atoms with Crippen molar-refractivity contribution in [2.45, 2.75) is 45.3 Å². The minimum Gasteiger partial charge on any atom is -0.287 e. The first-order chi connectivity index (χ1) is 14.2. The van der Waals surface area contributed by atoms with Crippen LogP contribution in [0.2, 0.25) is 0 Å². The molecule has 0 saturated carbocycles. The second-order valence-electron chi connectivity index (χ2n) is 7.68. The average Bonchev–Trinajstić information content (AvgIpc) is 3.35. The molecule has 0 bridgehead atoms. The fourth-order valence-corrected chi connectivity index (χ4v) is 4.61. The predicted octanol–water partition coefficient (Wildman–Crippen LogP) is 2.52. The fraction of sp³-hybridized carbons (Fsp3) is 0.429. The summed E-state index contributed by atoms with van der Waals surface area (Å²) in [5.74, 6) is 1.48. The third kappa shape index (κ3) is 2.86. The number of para-hydroxylation sites is 1. The van der Waals surface area contributed by atoms with E-state index in [4.69, 9.17) is 0 Å². The zero-order chi connectivity index (χ0) is 20.0. The van der Waals surface area contributed by atoms with Gasteiger partial charge in [-0.15, -0.1) is 10.2 Å². The molecule has 0 spiro atoms. The van der Waals surface area contributed by atoms with Gasteiger partial charge in [-0.2, -0.15) is 5.10 Å². The van der Waals surface area contributed by atoms with E-state index < -0.39 is 0 Å². The number of aryl methyl sites for hydroxylation is 2. The molecule has 1 aromatic carbocycles. The highest BCUT2D eigenvalue weighted by molar-refractivity contribution is 5.80. The predicted molar refractivity (Wildman–Crippen MR) is 111 cm³/mol. The normalized spacial score (nSPS) is 18.1. The molecule has 29 heavy (non-hydrogen) atoms. The van der Waals surface area contributed by atoms with Crippen molar-refractivity contribution in [2.24, 2.45) is 7.05 Å². The lowest BCUT2D eigenvalue weighted by molar-refractivity contribution is 0.130. The van der Waals surface area contributed by atoms with Gasteiger partial charge in [0.25, 0.3) is 5.56 Å². The molecule has 0 N–H and O–H groups in total. The van der Waals surface area contributed by atoms with Crippen LogP contribution in [0.1, 0.15) is 43.7 Å². The lowest BCUT2D eigenvalue weighted by Gasteiger charge is -2.35. The van der Waals surface area contributed by atoms with Crippen molar-refractivity contribution >= 4 is 16.7 Å². The van der Waals surface area contributed by atoms with Gasteiger partial charge in [0.15, 0.2) is 5.82 Å². The minimum atomic E-state index is -0.0136. The first-order valence-corrected chi connectivity index (χ1v) is 10.3. The first kappa shape index (κ1) is 18.1. The van der Waals surface area contributed by atoms with E-state index in [-0.39, 0.29) is 5.56 Å². The van der Waals surface area contributed by atoms with E-state index in [0.29, 0.717) is 30.3 Å². The zero-order valence-electron chi connectivity index (χ0n) is 16.8. The number of nitrogens with zero attached hydrogens (tertiary/aromatic N) is 7. The van der Waals surface area contributed by atoms with Crippen LogP contribution in [0, 0.1) is 0 Å². The standard InChI is InChI=1S/C21H25N7O/c1-3-27-20(29)15-8-4-5-9-16(15)28-19(23-24-21(27)28)14-26-13-7-6-10-18(26)17-11-12-22-25(17)2/h4-5,8-9,11-12,18H,3,6-7,10,13-14H2,1-2H3/t18-/m1/s1. The number of piperidine rings is 1. The number of fused-ring (bicyclic) bond motifs is 3. The third-order valence-electron chi connectivity index (χ3n) is 6.05. The smallest absolute Gasteiger partial charge is 0.262 e. The molecule has 1 aliphatic heterocycles. The van der Waals surface area contributed by atoms with Gasteiger partial charge in [0.1, 0.15) is 0 Å². The summed E-state index contributed by atoms with van der Waals surface area (Å²) in [6.07, 6.45) is 5.36. The lowest BCUT2D eigenvalue weighted by Crippen LogP contribution is -2.34. The third-order valence-corrected chi connectivity index (χ3v) is 6.05. The molecule has 1 saturated heterocycles. The van der Waals surface area contributed by atoms with E-state index in [2.05, 4.69) is 30.7 Å². The highest BCUT2D eigenvalue weighted by Crippen LogP contribution is 2.31. The molecule has 4 aromatic rings. The van der Waals surface area contributed by atoms with Gasteiger partial charge in [0, 0.05) is 19.8 Å². The molecule has 1 aliphatic rings. The summed E-state index contributed by atoms with van der Waals surface area (Å²) in [5.41, 5.74) is 2.08. The van der Waals surface area contributed by atoms with E-state index in [1.807, 2.05) is 49.1 Å². The van der Waals surface area contributed by atoms with Crippen molar-refractivity contribution < 1.29 is 0 Å². The Morgan fingerprint density at radius 1 is 1.14 bits per heavy atom. The van der Waals surface area contributed by atoms with E-state index in [9.17, 15) is 4.79 Å². The monoisotopic (exact) mass is 391 g/mol. The van der Waals surface area contributed by atoms with Crippen molar-refractivity contribution in [2.75, 3.05) is 6.54 Å². The van der Waals surface area contributed by atoms with Crippen molar-refractivity contribution in [1.82, 2.24) is 33.8 Å². The lowest BCUT2D eigenvalue weighted by atomic mass is 9.99. The maximum Gasteiger partial charge on any atom is 0.262 e. The minimum absolute atomic E-state index is 0.0136. The highest BCUT2D eigenvalue weighted by Gasteiger charge is 2.28. The molecule has 8 nitrogen and oxygen atoms in total. The van der Waals surface area contributed by atoms with Gasteiger partial charge in [-0.1, -0.05) is 18.6 Å². The molecule has 4 heterocycles. The van der Waals surface area contributed by atoms with E-state index >= 15 is 0 Å². The van der Waals surface area contributed by atoms with Crippen LogP contribution in [-0.2, 0) is 20.1 Å². The SMILES string of the molecule is CCn1c(=O)c2ccccc2n2c(CN3CCCC[C@@H]3c3ccnn3C)nnc12. The Bertz CT molecular complexity index is 1240. The molecular weight excluding hydrogens is 366 g/mol. The highest BCUT2D eigenvalue weighted by atomic mass is 16.1. The van der Waals surface area contributed by atoms with Gasteiger partial charge in [-0.05, 0) is 44.5 Å². The Hall–Kier alpha value is -3.00. The van der Waals surface area contributed by atoms with E-state index in [0.717, 1.165) is 24.3 Å². The number of hydrogen-bond donors (Lipinski definition) is 0. The van der Waals surface area contributed by atoms with Crippen LogP contribution in [0.3, 0.4) is 0 Å². The summed E-state index contributed by atoms with van der Waals surface area (Å²) in [6.45, 7) is 4.22. The van der Waals surface area contributed by atoms with Gasteiger partial charge in [0.2, 0.25) is 5.78 Å². The number of hydrogen-bond acceptors (Lipinski definition) is 5. The van der Waals surface area contributed by atoms with Gasteiger partial charge in [-0.3, -0.25) is 23.3 Å². The summed E-state index contributed by atoms with van der Waals surface area (Å²) in [7, 11) is 2.00. The molecule has 0 radical (unpaired) electrons. The van der Waals surface area contributed by atoms with Gasteiger partial charge in [-0.25, -0.2) is 0 Å². The average molecular weight is 391 g/mol. The summed E-state index contributed by atoms with van der Waals surface area (Å²) >= 11 is 0. The number of likely N-dealkylation sites (tertiary alicyclic amines) is 1. The Kier molecular flexibility index (Phi) is 4.43. The molecule has 150 valence electrons. The van der Waals surface area contributed by atoms with Crippen molar-refractivity contribution in [3.8, 4) is 0 Å². The molecule has 0 amide bonds. The molecule has 1 fully saturated rings. The first-order valence-electron chi connectivity index (χ1n) is 10.3. The molecule has 3 aromatic heterocycles. The van der Waals surface area contributed by atoms with Crippen LogP contribution in [0.5, 0.6) is 0 Å². The Morgan fingerprint density at radius 3 is 2.79 bits per heavy atom. The molecule has 0 unspecified atom stereocenters. The van der Waals surface area contributed by atoms with E-state index in [1.54, 1.807) is 4.57 Å². The largest absolute Gasteiger partial charge is 0.287 e. The zero-order valence-corrected chi connectivity index (χ0v) is 16.8. The second-order valence-corrected chi connectivity index (χ2v) is 7.68. The van der Waals surface area contributed by atoms with Gasteiger partial charge >= 0.3 is 0 Å². The number of rotatable bonds is 4. The van der Waals surface area contributed by atoms with Gasteiger partial charge in [0.05, 0.1) is 29.2 Å². The number of benzene rings is 1. The topological polar surface area (TPSA) is 73.2 Å². The van der Waals surface area contributed by atoms with E-state index in [1.165, 1.54) is 18.5 Å². The van der Waals surface area contributed by atoms with Crippen molar-refractivity contribution in [3.63, 3.8) is 0 Å². The molecule has 1 atom stereocenters. The van der Waals surface area contributed by atoms with Crippen LogP contribution in [-0.4, -0.2) is 40.4 Å². The van der Waals surface area contributed by atoms with Crippen LogP contribution >= 0.6 is 0 Å². The van der Waals surface area contributed by atoms with Crippen LogP contribution in [0.25, 0.3) is 16.7 Å². The quantitative estimate of drug-likeness (QED) is 0.534. The summed E-state index contributed by atoms with van der Waals surface area (Å²) in [5, 5.41) is 14.0. The Labute approximate surface area is 168 Å². The molecule has 5 rings (SSSR count). The number of aromatic nitrogens is 6. The Balaban J connectivity index is 1.63.